The van der Waals surface area contributed by atoms with E-state index < -0.39 is 9.84 Å². The molecule has 0 aromatic carbocycles. The summed E-state index contributed by atoms with van der Waals surface area (Å²) < 4.78 is 28.3. The zero-order chi connectivity index (χ0) is 13.9. The lowest BCUT2D eigenvalue weighted by atomic mass is 10.2. The molecule has 0 radical (unpaired) electrons. The fourth-order valence-electron chi connectivity index (χ4n) is 2.23. The van der Waals surface area contributed by atoms with Gasteiger partial charge in [-0.3, -0.25) is 4.90 Å². The first-order valence-corrected chi connectivity index (χ1v) is 8.42. The van der Waals surface area contributed by atoms with Gasteiger partial charge in [0.15, 0.2) is 15.6 Å². The van der Waals surface area contributed by atoms with Crippen molar-refractivity contribution in [3.05, 3.63) is 17.5 Å². The minimum Gasteiger partial charge on any atom is -0.360 e. The first-order chi connectivity index (χ1) is 9.00. The van der Waals surface area contributed by atoms with Gasteiger partial charge in [-0.25, -0.2) is 8.42 Å². The Bertz CT molecular complexity index is 512. The monoisotopic (exact) mass is 287 g/mol. The predicted octanol–water partition coefficient (Wildman–Crippen LogP) is 0.403. The van der Waals surface area contributed by atoms with Crippen molar-refractivity contribution in [1.29, 1.82) is 0 Å². The van der Waals surface area contributed by atoms with Gasteiger partial charge in [0, 0.05) is 25.2 Å². The highest BCUT2D eigenvalue weighted by molar-refractivity contribution is 7.91. The predicted molar refractivity (Wildman–Crippen MR) is 72.4 cm³/mol. The Labute approximate surface area is 114 Å². The van der Waals surface area contributed by atoms with E-state index in [1.807, 2.05) is 19.9 Å². The molecule has 1 aliphatic heterocycles. The summed E-state index contributed by atoms with van der Waals surface area (Å²) in [7, 11) is -2.86. The van der Waals surface area contributed by atoms with E-state index >= 15 is 0 Å². The molecule has 1 aromatic heterocycles. The zero-order valence-corrected chi connectivity index (χ0v) is 12.2. The van der Waals surface area contributed by atoms with Gasteiger partial charge in [0.2, 0.25) is 0 Å². The number of hydrogen-bond acceptors (Lipinski definition) is 6. The lowest BCUT2D eigenvalue weighted by Crippen LogP contribution is -2.46. The van der Waals surface area contributed by atoms with Crippen molar-refractivity contribution < 1.29 is 12.9 Å². The van der Waals surface area contributed by atoms with Gasteiger partial charge in [-0.05, 0) is 13.5 Å². The molecule has 1 atom stereocenters. The number of nitrogens with one attached hydrogen (secondary N) is 1. The quantitative estimate of drug-likeness (QED) is 0.845. The van der Waals surface area contributed by atoms with Crippen LogP contribution in [0, 0.1) is 0 Å². The molecule has 1 fully saturated rings. The molecule has 0 saturated carbocycles. The Morgan fingerprint density at radius 3 is 3.05 bits per heavy atom. The van der Waals surface area contributed by atoms with Crippen LogP contribution >= 0.6 is 0 Å². The van der Waals surface area contributed by atoms with Crippen LogP contribution in [0.2, 0.25) is 0 Å². The average molecular weight is 287 g/mol. The number of hydrogen-bond donors (Lipinski definition) is 1. The maximum atomic E-state index is 11.5. The molecule has 7 heteroatoms. The Kier molecular flexibility index (Phi) is 4.59. The fraction of sp³-hybridized carbons (Fsp3) is 0.750. The molecule has 108 valence electrons. The third kappa shape index (κ3) is 4.02. The van der Waals surface area contributed by atoms with E-state index in [0.717, 1.165) is 18.0 Å². The van der Waals surface area contributed by atoms with Crippen LogP contribution in [0.15, 0.2) is 10.6 Å². The van der Waals surface area contributed by atoms with Crippen LogP contribution in [0.25, 0.3) is 0 Å². The minimum absolute atomic E-state index is 0.0288. The van der Waals surface area contributed by atoms with E-state index in [1.54, 1.807) is 0 Å². The highest BCUT2D eigenvalue weighted by Crippen LogP contribution is 2.15. The summed E-state index contributed by atoms with van der Waals surface area (Å²) in [6, 6.07) is 1.96. The Balaban J connectivity index is 1.92. The molecular weight excluding hydrogens is 266 g/mol. The van der Waals surface area contributed by atoms with Crippen LogP contribution in [0.3, 0.4) is 0 Å². The Morgan fingerprint density at radius 1 is 1.58 bits per heavy atom. The largest absolute Gasteiger partial charge is 0.360 e. The second kappa shape index (κ2) is 6.02. The highest BCUT2D eigenvalue weighted by Gasteiger charge is 2.28. The molecule has 2 rings (SSSR count). The van der Waals surface area contributed by atoms with Crippen molar-refractivity contribution >= 4 is 9.84 Å². The normalized spacial score (nSPS) is 23.6. The Morgan fingerprint density at radius 2 is 2.37 bits per heavy atom. The molecule has 1 N–H and O–H groups in total. The van der Waals surface area contributed by atoms with E-state index in [4.69, 9.17) is 4.52 Å². The van der Waals surface area contributed by atoms with Gasteiger partial charge < -0.3 is 9.84 Å². The summed E-state index contributed by atoms with van der Waals surface area (Å²) in [6.45, 7) is 6.75. The molecule has 1 aromatic rings. The van der Waals surface area contributed by atoms with Crippen molar-refractivity contribution in [3.63, 3.8) is 0 Å². The van der Waals surface area contributed by atoms with Crippen LogP contribution in [0.5, 0.6) is 0 Å². The zero-order valence-electron chi connectivity index (χ0n) is 11.4. The molecule has 1 unspecified atom stereocenters. The van der Waals surface area contributed by atoms with Gasteiger partial charge in [0.1, 0.15) is 0 Å². The summed E-state index contributed by atoms with van der Waals surface area (Å²) in [4.78, 5) is 2.12. The smallest absolute Gasteiger partial charge is 0.153 e. The van der Waals surface area contributed by atoms with Crippen LogP contribution in [-0.4, -0.2) is 49.1 Å². The van der Waals surface area contributed by atoms with E-state index in [9.17, 15) is 8.42 Å². The molecule has 19 heavy (non-hydrogen) atoms. The molecule has 0 spiro atoms. The van der Waals surface area contributed by atoms with Crippen molar-refractivity contribution in [3.8, 4) is 0 Å². The molecule has 0 bridgehead atoms. The van der Waals surface area contributed by atoms with Gasteiger partial charge in [-0.2, -0.15) is 0 Å². The van der Waals surface area contributed by atoms with Crippen LogP contribution in [0.4, 0.5) is 0 Å². The second-order valence-electron chi connectivity index (χ2n) is 5.00. The van der Waals surface area contributed by atoms with Crippen molar-refractivity contribution in [2.45, 2.75) is 33.0 Å². The molecule has 0 amide bonds. The first kappa shape index (κ1) is 14.5. The third-order valence-electron chi connectivity index (χ3n) is 3.33. The molecular formula is C12H21N3O3S. The summed E-state index contributed by atoms with van der Waals surface area (Å²) in [5.74, 6) is 1.25. The number of nitrogens with zero attached hydrogens (tertiary/aromatic N) is 2. The first-order valence-electron chi connectivity index (χ1n) is 6.60. The summed E-state index contributed by atoms with van der Waals surface area (Å²) in [6.07, 6.45) is 0. The molecule has 2 heterocycles. The standard InChI is InChI=1S/C12H21N3O3S/c1-3-13-7-11-6-12(18-14-11)8-15-4-5-19(16,17)9-10(15)2/h6,10,13H,3-5,7-9H2,1-2H3. The lowest BCUT2D eigenvalue weighted by Gasteiger charge is -2.32. The maximum Gasteiger partial charge on any atom is 0.153 e. The molecule has 1 saturated heterocycles. The van der Waals surface area contributed by atoms with Crippen molar-refractivity contribution in [1.82, 2.24) is 15.4 Å². The molecule has 1 aliphatic rings. The van der Waals surface area contributed by atoms with E-state index in [0.29, 0.717) is 19.6 Å². The van der Waals surface area contributed by atoms with Gasteiger partial charge in [0.25, 0.3) is 0 Å². The SMILES string of the molecule is CCNCc1cc(CN2CCS(=O)(=O)CC2C)on1. The highest BCUT2D eigenvalue weighted by atomic mass is 32.2. The fourth-order valence-corrected chi connectivity index (χ4v) is 3.86. The number of sulfone groups is 1. The van der Waals surface area contributed by atoms with Gasteiger partial charge in [-0.15, -0.1) is 0 Å². The Hall–Kier alpha value is -0.920. The minimum atomic E-state index is -2.86. The van der Waals surface area contributed by atoms with Crippen LogP contribution in [-0.2, 0) is 22.9 Å². The second-order valence-corrected chi connectivity index (χ2v) is 7.23. The average Bonchev–Trinajstić information content (AvgIpc) is 2.77. The van der Waals surface area contributed by atoms with Crippen molar-refractivity contribution in [2.75, 3.05) is 24.6 Å². The molecule has 0 aliphatic carbocycles. The van der Waals surface area contributed by atoms with E-state index in [2.05, 4.69) is 15.4 Å². The van der Waals surface area contributed by atoms with Gasteiger partial charge >= 0.3 is 0 Å². The van der Waals surface area contributed by atoms with Gasteiger partial charge in [0.05, 0.1) is 23.7 Å². The van der Waals surface area contributed by atoms with Gasteiger partial charge in [-0.1, -0.05) is 12.1 Å². The summed E-state index contributed by atoms with van der Waals surface area (Å²) in [5.41, 5.74) is 0.883. The van der Waals surface area contributed by atoms with E-state index in [1.165, 1.54) is 0 Å². The van der Waals surface area contributed by atoms with E-state index in [-0.39, 0.29) is 17.5 Å². The van der Waals surface area contributed by atoms with Crippen LogP contribution in [0.1, 0.15) is 25.3 Å². The maximum absolute atomic E-state index is 11.5. The summed E-state index contributed by atoms with van der Waals surface area (Å²) >= 11 is 0. The topological polar surface area (TPSA) is 75.4 Å². The number of aromatic nitrogens is 1. The lowest BCUT2D eigenvalue weighted by molar-refractivity contribution is 0.193. The number of rotatable bonds is 5. The molecule has 6 nitrogen and oxygen atoms in total. The van der Waals surface area contributed by atoms with Crippen LogP contribution < -0.4 is 5.32 Å². The van der Waals surface area contributed by atoms with Crippen molar-refractivity contribution in [2.24, 2.45) is 0 Å². The summed E-state index contributed by atoms with van der Waals surface area (Å²) in [5, 5.41) is 7.18. The third-order valence-corrected chi connectivity index (χ3v) is 5.13.